The number of aromatic carboxylic acids is 1. The highest BCUT2D eigenvalue weighted by molar-refractivity contribution is 8.14. The van der Waals surface area contributed by atoms with E-state index in [0.717, 1.165) is 18.0 Å². The van der Waals surface area contributed by atoms with Gasteiger partial charge in [-0.25, -0.2) is 9.48 Å². The lowest BCUT2D eigenvalue weighted by Gasteiger charge is -2.18. The Bertz CT molecular complexity index is 585. The third-order valence-electron chi connectivity index (χ3n) is 3.03. The van der Waals surface area contributed by atoms with E-state index in [9.17, 15) is 19.5 Å². The Kier molecular flexibility index (Phi) is 4.63. The molecule has 1 aromatic heterocycles. The number of carboxylic acid groups (broad SMARTS) is 1. The number of anilines is 1. The van der Waals surface area contributed by atoms with Crippen LogP contribution in [0.15, 0.2) is 6.20 Å². The van der Waals surface area contributed by atoms with Gasteiger partial charge in [0, 0.05) is 25.1 Å². The summed E-state index contributed by atoms with van der Waals surface area (Å²) in [6.45, 7) is 1.55. The molecule has 2 rings (SSSR count). The maximum absolute atomic E-state index is 12.1. The van der Waals surface area contributed by atoms with Crippen molar-refractivity contribution in [3.63, 3.8) is 0 Å². The summed E-state index contributed by atoms with van der Waals surface area (Å²) in [6.07, 6.45) is 1.33. The third-order valence-corrected chi connectivity index (χ3v) is 4.01. The molecule has 1 saturated heterocycles. The normalized spacial score (nSPS) is 18.3. The topological polar surface area (TPSA) is 113 Å². The molecule has 1 aliphatic rings. The molecule has 2 N–H and O–H groups in total. The highest BCUT2D eigenvalue weighted by Crippen LogP contribution is 2.30. The lowest BCUT2D eigenvalue weighted by atomic mass is 10.3. The van der Waals surface area contributed by atoms with Gasteiger partial charge < -0.3 is 10.2 Å². The first-order valence-corrected chi connectivity index (χ1v) is 7.19. The van der Waals surface area contributed by atoms with E-state index in [0.29, 0.717) is 0 Å². The summed E-state index contributed by atoms with van der Waals surface area (Å²) in [4.78, 5) is 35.8. The van der Waals surface area contributed by atoms with Crippen LogP contribution in [-0.2, 0) is 16.1 Å². The summed E-state index contributed by atoms with van der Waals surface area (Å²) in [7, 11) is 0. The molecule has 0 radical (unpaired) electrons. The molecule has 0 aliphatic carbocycles. The smallest absolute Gasteiger partial charge is 0.341 e. The van der Waals surface area contributed by atoms with Gasteiger partial charge in [-0.3, -0.25) is 14.5 Å². The SMILES string of the molecule is CC(=O)SC1CC(=O)N(c2c(C(=O)O)cnn2CCO)C1. The number of carbonyl (C=O) groups is 3. The molecule has 0 saturated carbocycles. The zero-order chi connectivity index (χ0) is 15.6. The molecular weight excluding hydrogens is 298 g/mol. The molecule has 1 atom stereocenters. The summed E-state index contributed by atoms with van der Waals surface area (Å²) in [5.41, 5.74) is -0.0923. The number of nitrogens with zero attached hydrogens (tertiary/aromatic N) is 3. The molecule has 8 nitrogen and oxygen atoms in total. The minimum atomic E-state index is -1.19. The Morgan fingerprint density at radius 1 is 1.52 bits per heavy atom. The van der Waals surface area contributed by atoms with Crippen LogP contribution in [0.3, 0.4) is 0 Å². The lowest BCUT2D eigenvalue weighted by Crippen LogP contribution is -2.29. The van der Waals surface area contributed by atoms with Crippen molar-refractivity contribution in [1.29, 1.82) is 0 Å². The summed E-state index contributed by atoms with van der Waals surface area (Å²) in [5, 5.41) is 21.8. The fourth-order valence-electron chi connectivity index (χ4n) is 2.27. The fraction of sp³-hybridized carbons (Fsp3) is 0.500. The zero-order valence-electron chi connectivity index (χ0n) is 11.4. The molecule has 0 aromatic carbocycles. The van der Waals surface area contributed by atoms with Crippen LogP contribution in [0, 0.1) is 0 Å². The van der Waals surface area contributed by atoms with Gasteiger partial charge in [-0.1, -0.05) is 11.8 Å². The minimum Gasteiger partial charge on any atom is -0.477 e. The average molecular weight is 313 g/mol. The third kappa shape index (κ3) is 3.24. The number of aromatic nitrogens is 2. The Labute approximate surface area is 124 Å². The number of amides is 1. The average Bonchev–Trinajstić information content (AvgIpc) is 2.92. The molecule has 1 fully saturated rings. The number of aliphatic hydroxyl groups is 1. The van der Waals surface area contributed by atoms with Gasteiger partial charge in [-0.15, -0.1) is 0 Å². The van der Waals surface area contributed by atoms with Gasteiger partial charge in [0.15, 0.2) is 5.12 Å². The van der Waals surface area contributed by atoms with Crippen LogP contribution >= 0.6 is 11.8 Å². The minimum absolute atomic E-state index is 0.0861. The van der Waals surface area contributed by atoms with Gasteiger partial charge in [-0.05, 0) is 0 Å². The molecule has 2 heterocycles. The number of thioether (sulfide) groups is 1. The predicted octanol–water partition coefficient (Wildman–Crippen LogP) is -0.0414. The van der Waals surface area contributed by atoms with E-state index >= 15 is 0 Å². The molecule has 1 amide bonds. The van der Waals surface area contributed by atoms with Crippen molar-refractivity contribution >= 4 is 34.6 Å². The van der Waals surface area contributed by atoms with Crippen LogP contribution in [0.5, 0.6) is 0 Å². The zero-order valence-corrected chi connectivity index (χ0v) is 12.2. The summed E-state index contributed by atoms with van der Waals surface area (Å²) in [6, 6.07) is 0. The van der Waals surface area contributed by atoms with Gasteiger partial charge in [-0.2, -0.15) is 5.10 Å². The van der Waals surface area contributed by atoms with Crippen LogP contribution in [0.25, 0.3) is 0 Å². The Hall–Kier alpha value is -1.87. The van der Waals surface area contributed by atoms with Gasteiger partial charge in [0.25, 0.3) is 0 Å². The first-order chi connectivity index (χ1) is 9.93. The van der Waals surface area contributed by atoms with Crippen molar-refractivity contribution in [2.45, 2.75) is 25.1 Å². The monoisotopic (exact) mass is 313 g/mol. The molecule has 1 unspecified atom stereocenters. The van der Waals surface area contributed by atoms with Crippen LogP contribution in [0.4, 0.5) is 5.82 Å². The second-order valence-corrected chi connectivity index (χ2v) is 6.05. The highest BCUT2D eigenvalue weighted by Gasteiger charge is 2.36. The number of hydrogen-bond donors (Lipinski definition) is 2. The summed E-state index contributed by atoms with van der Waals surface area (Å²) in [5.74, 6) is -1.28. The van der Waals surface area contributed by atoms with Crippen molar-refractivity contribution in [3.05, 3.63) is 11.8 Å². The van der Waals surface area contributed by atoms with E-state index in [1.165, 1.54) is 16.5 Å². The van der Waals surface area contributed by atoms with E-state index < -0.39 is 5.97 Å². The maximum atomic E-state index is 12.1. The lowest BCUT2D eigenvalue weighted by molar-refractivity contribution is -0.117. The molecule has 21 heavy (non-hydrogen) atoms. The molecule has 1 aromatic rings. The number of carbonyl (C=O) groups excluding carboxylic acids is 2. The standard InChI is InChI=1S/C12H15N3O5S/c1-7(17)21-8-4-10(18)14(6-8)11-9(12(19)20)5-13-15(11)2-3-16/h5,8,16H,2-4,6H2,1H3,(H,19,20). The highest BCUT2D eigenvalue weighted by atomic mass is 32.2. The number of hydrogen-bond acceptors (Lipinski definition) is 6. The molecule has 1 aliphatic heterocycles. The van der Waals surface area contributed by atoms with E-state index in [-0.39, 0.29) is 53.8 Å². The largest absolute Gasteiger partial charge is 0.477 e. The fourth-order valence-corrected chi connectivity index (χ4v) is 3.18. The van der Waals surface area contributed by atoms with Gasteiger partial charge in [0.2, 0.25) is 5.91 Å². The molecular formula is C12H15N3O5S. The molecule has 114 valence electrons. The second-order valence-electron chi connectivity index (χ2n) is 4.57. The van der Waals surface area contributed by atoms with Crippen molar-refractivity contribution in [1.82, 2.24) is 9.78 Å². The van der Waals surface area contributed by atoms with Crippen LogP contribution in [0.2, 0.25) is 0 Å². The van der Waals surface area contributed by atoms with Crippen molar-refractivity contribution < 1.29 is 24.6 Å². The second kappa shape index (κ2) is 6.27. The van der Waals surface area contributed by atoms with Crippen molar-refractivity contribution in [2.75, 3.05) is 18.1 Å². The number of aliphatic hydroxyl groups excluding tert-OH is 1. The Morgan fingerprint density at radius 3 is 2.81 bits per heavy atom. The summed E-state index contributed by atoms with van der Waals surface area (Å²) < 4.78 is 1.29. The van der Waals surface area contributed by atoms with E-state index in [1.54, 1.807) is 0 Å². The van der Waals surface area contributed by atoms with Crippen molar-refractivity contribution in [2.24, 2.45) is 0 Å². The van der Waals surface area contributed by atoms with E-state index in [2.05, 4.69) is 5.10 Å². The Balaban J connectivity index is 2.32. The Morgan fingerprint density at radius 2 is 2.24 bits per heavy atom. The van der Waals surface area contributed by atoms with Crippen LogP contribution in [-0.4, -0.2) is 55.4 Å². The first-order valence-electron chi connectivity index (χ1n) is 6.31. The van der Waals surface area contributed by atoms with Crippen LogP contribution < -0.4 is 4.90 Å². The number of carboxylic acids is 1. The molecule has 9 heteroatoms. The quantitative estimate of drug-likeness (QED) is 0.784. The van der Waals surface area contributed by atoms with Gasteiger partial charge >= 0.3 is 5.97 Å². The van der Waals surface area contributed by atoms with Gasteiger partial charge in [0.1, 0.15) is 11.4 Å². The molecule has 0 bridgehead atoms. The first kappa shape index (κ1) is 15.5. The van der Waals surface area contributed by atoms with Crippen LogP contribution in [0.1, 0.15) is 23.7 Å². The van der Waals surface area contributed by atoms with Crippen molar-refractivity contribution in [3.8, 4) is 0 Å². The predicted molar refractivity (Wildman–Crippen MR) is 75.3 cm³/mol. The number of rotatable bonds is 5. The molecule has 0 spiro atoms. The van der Waals surface area contributed by atoms with E-state index in [1.807, 2.05) is 0 Å². The van der Waals surface area contributed by atoms with E-state index in [4.69, 9.17) is 5.11 Å². The maximum Gasteiger partial charge on any atom is 0.341 e. The summed E-state index contributed by atoms with van der Waals surface area (Å²) >= 11 is 1.07. The van der Waals surface area contributed by atoms with Gasteiger partial charge in [0.05, 0.1) is 19.3 Å².